The van der Waals surface area contributed by atoms with Crippen molar-refractivity contribution < 1.29 is 22.7 Å². The van der Waals surface area contributed by atoms with Crippen LogP contribution in [-0.4, -0.2) is 24.0 Å². The highest BCUT2D eigenvalue weighted by Gasteiger charge is 2.10. The van der Waals surface area contributed by atoms with Crippen molar-refractivity contribution in [3.8, 4) is 5.88 Å². The molecule has 2 rings (SSSR count). The van der Waals surface area contributed by atoms with Gasteiger partial charge in [0.1, 0.15) is 18.2 Å². The predicted octanol–water partition coefficient (Wildman–Crippen LogP) is 2.31. The smallest absolute Gasteiger partial charge is 0.254 e. The van der Waals surface area contributed by atoms with Gasteiger partial charge in [0, 0.05) is 6.07 Å². The maximum atomic E-state index is 13.3. The average molecular weight is 296 g/mol. The van der Waals surface area contributed by atoms with Crippen molar-refractivity contribution in [2.45, 2.75) is 0 Å². The molecule has 7 heteroatoms. The van der Waals surface area contributed by atoms with E-state index in [1.807, 2.05) is 0 Å². The van der Waals surface area contributed by atoms with Crippen molar-refractivity contribution in [2.75, 3.05) is 13.2 Å². The summed E-state index contributed by atoms with van der Waals surface area (Å²) in [5.74, 6) is -3.36. The Bertz CT molecular complexity index is 650. The highest BCUT2D eigenvalue weighted by atomic mass is 19.1. The molecule has 0 atom stereocenters. The highest BCUT2D eigenvalue weighted by Crippen LogP contribution is 2.13. The Morgan fingerprint density at radius 3 is 2.67 bits per heavy atom. The molecule has 0 saturated carbocycles. The van der Waals surface area contributed by atoms with Gasteiger partial charge >= 0.3 is 0 Å². The molecule has 1 amide bonds. The summed E-state index contributed by atoms with van der Waals surface area (Å²) < 4.78 is 44.1. The Morgan fingerprint density at radius 1 is 1.19 bits per heavy atom. The van der Waals surface area contributed by atoms with E-state index in [1.165, 1.54) is 24.3 Å². The van der Waals surface area contributed by atoms with Crippen molar-refractivity contribution in [2.24, 2.45) is 0 Å². The normalized spacial score (nSPS) is 10.2. The summed E-state index contributed by atoms with van der Waals surface area (Å²) in [4.78, 5) is 15.1. The van der Waals surface area contributed by atoms with Crippen molar-refractivity contribution >= 4 is 5.91 Å². The molecule has 0 radical (unpaired) electrons. The van der Waals surface area contributed by atoms with E-state index < -0.39 is 23.4 Å². The summed E-state index contributed by atoms with van der Waals surface area (Å²) in [6, 6.07) is 6.15. The molecule has 0 aliphatic heterocycles. The van der Waals surface area contributed by atoms with Crippen LogP contribution in [0.25, 0.3) is 0 Å². The molecule has 0 aliphatic rings. The van der Waals surface area contributed by atoms with Gasteiger partial charge in [0.25, 0.3) is 11.8 Å². The van der Waals surface area contributed by atoms with Crippen LogP contribution in [0.2, 0.25) is 0 Å². The molecular weight excluding hydrogens is 285 g/mol. The van der Waals surface area contributed by atoms with Gasteiger partial charge in [-0.15, -0.1) is 0 Å². The zero-order valence-electron chi connectivity index (χ0n) is 10.8. The van der Waals surface area contributed by atoms with E-state index in [-0.39, 0.29) is 24.6 Å². The average Bonchev–Trinajstić information content (AvgIpc) is 2.45. The fraction of sp³-hybridized carbons (Fsp3) is 0.143. The van der Waals surface area contributed by atoms with Crippen LogP contribution in [0.5, 0.6) is 5.88 Å². The second kappa shape index (κ2) is 6.74. The minimum Gasteiger partial charge on any atom is -0.474 e. The summed E-state index contributed by atoms with van der Waals surface area (Å²) in [6.07, 6.45) is 0.816. The summed E-state index contributed by atoms with van der Waals surface area (Å²) in [5, 5.41) is 2.41. The Balaban J connectivity index is 1.82. The van der Waals surface area contributed by atoms with E-state index in [2.05, 4.69) is 10.3 Å². The second-order valence-electron chi connectivity index (χ2n) is 4.02. The molecule has 2 aromatic rings. The van der Waals surface area contributed by atoms with Gasteiger partial charge < -0.3 is 10.1 Å². The van der Waals surface area contributed by atoms with Gasteiger partial charge in [-0.25, -0.2) is 18.2 Å². The number of hydrogen-bond donors (Lipinski definition) is 1. The Morgan fingerprint density at radius 2 is 1.95 bits per heavy atom. The molecule has 21 heavy (non-hydrogen) atoms. The standard InChI is InChI=1S/C14H11F3N2O2/c15-9-7-12(17)14(19-8-9)21-6-5-18-13(20)10-3-1-2-4-11(10)16/h1-4,7-8H,5-6H2,(H,18,20). The third kappa shape index (κ3) is 3.95. The monoisotopic (exact) mass is 296 g/mol. The lowest BCUT2D eigenvalue weighted by molar-refractivity contribution is 0.0942. The van der Waals surface area contributed by atoms with Crippen LogP contribution in [0.3, 0.4) is 0 Å². The number of nitrogens with one attached hydrogen (secondary N) is 1. The number of carbonyl (C=O) groups excluding carboxylic acids is 1. The lowest BCUT2D eigenvalue weighted by Gasteiger charge is -2.08. The van der Waals surface area contributed by atoms with E-state index in [1.54, 1.807) is 0 Å². The van der Waals surface area contributed by atoms with Crippen LogP contribution in [0, 0.1) is 17.5 Å². The zero-order valence-corrected chi connectivity index (χ0v) is 10.8. The number of hydrogen-bond acceptors (Lipinski definition) is 3. The van der Waals surface area contributed by atoms with Gasteiger partial charge in [-0.1, -0.05) is 12.1 Å². The Kier molecular flexibility index (Phi) is 4.76. The van der Waals surface area contributed by atoms with Crippen LogP contribution in [0.1, 0.15) is 10.4 Å². The van der Waals surface area contributed by atoms with Crippen LogP contribution in [-0.2, 0) is 0 Å². The van der Waals surface area contributed by atoms with Crippen LogP contribution < -0.4 is 10.1 Å². The van der Waals surface area contributed by atoms with E-state index >= 15 is 0 Å². The maximum absolute atomic E-state index is 13.3. The number of ether oxygens (including phenoxy) is 1. The Labute approximate surface area is 118 Å². The van der Waals surface area contributed by atoms with E-state index in [9.17, 15) is 18.0 Å². The second-order valence-corrected chi connectivity index (χ2v) is 4.02. The number of benzene rings is 1. The van der Waals surface area contributed by atoms with Crippen LogP contribution >= 0.6 is 0 Å². The first-order chi connectivity index (χ1) is 10.1. The van der Waals surface area contributed by atoms with Crippen LogP contribution in [0.4, 0.5) is 13.2 Å². The highest BCUT2D eigenvalue weighted by molar-refractivity contribution is 5.94. The minimum absolute atomic E-state index is 0.0195. The van der Waals surface area contributed by atoms with E-state index in [0.717, 1.165) is 6.20 Å². The summed E-state index contributed by atoms with van der Waals surface area (Å²) >= 11 is 0. The first-order valence-electron chi connectivity index (χ1n) is 6.04. The van der Waals surface area contributed by atoms with Crippen molar-refractivity contribution in [1.82, 2.24) is 10.3 Å². The molecule has 0 aliphatic carbocycles. The number of amides is 1. The molecule has 0 unspecified atom stereocenters. The van der Waals surface area contributed by atoms with Gasteiger partial charge in [-0.05, 0) is 12.1 Å². The van der Waals surface area contributed by atoms with Gasteiger partial charge in [0.05, 0.1) is 18.3 Å². The maximum Gasteiger partial charge on any atom is 0.254 e. The molecule has 4 nitrogen and oxygen atoms in total. The minimum atomic E-state index is -0.935. The summed E-state index contributed by atoms with van der Waals surface area (Å²) in [6.45, 7) is -0.0680. The SMILES string of the molecule is O=C(NCCOc1ncc(F)cc1F)c1ccccc1F. The molecule has 0 fully saturated rings. The molecule has 1 N–H and O–H groups in total. The van der Waals surface area contributed by atoms with Crippen LogP contribution in [0.15, 0.2) is 36.5 Å². The molecule has 0 spiro atoms. The topological polar surface area (TPSA) is 51.2 Å². The number of aromatic nitrogens is 1. The molecule has 1 heterocycles. The van der Waals surface area contributed by atoms with Gasteiger partial charge in [0.15, 0.2) is 5.82 Å². The first kappa shape index (κ1) is 14.8. The van der Waals surface area contributed by atoms with Gasteiger partial charge in [0.2, 0.25) is 0 Å². The Hall–Kier alpha value is -2.57. The lowest BCUT2D eigenvalue weighted by Crippen LogP contribution is -2.29. The molecule has 1 aromatic heterocycles. The van der Waals surface area contributed by atoms with Crippen molar-refractivity contribution in [3.05, 3.63) is 59.5 Å². The third-order valence-electron chi connectivity index (χ3n) is 2.52. The molecular formula is C14H11F3N2O2. The molecule has 110 valence electrons. The van der Waals surface area contributed by atoms with Crippen molar-refractivity contribution in [1.29, 1.82) is 0 Å². The lowest BCUT2D eigenvalue weighted by atomic mass is 10.2. The zero-order chi connectivity index (χ0) is 15.2. The molecule has 0 saturated heterocycles. The number of rotatable bonds is 5. The van der Waals surface area contributed by atoms with E-state index in [4.69, 9.17) is 4.74 Å². The quantitative estimate of drug-likeness (QED) is 0.861. The van der Waals surface area contributed by atoms with Gasteiger partial charge in [-0.3, -0.25) is 4.79 Å². The fourth-order valence-electron chi connectivity index (χ4n) is 1.56. The summed E-state index contributed by atoms with van der Waals surface area (Å²) in [7, 11) is 0. The van der Waals surface area contributed by atoms with Gasteiger partial charge in [-0.2, -0.15) is 0 Å². The number of nitrogens with zero attached hydrogens (tertiary/aromatic N) is 1. The first-order valence-corrected chi connectivity index (χ1v) is 6.04. The number of carbonyl (C=O) groups is 1. The van der Waals surface area contributed by atoms with E-state index in [0.29, 0.717) is 6.07 Å². The number of pyridine rings is 1. The third-order valence-corrected chi connectivity index (χ3v) is 2.52. The largest absolute Gasteiger partial charge is 0.474 e. The fourth-order valence-corrected chi connectivity index (χ4v) is 1.56. The number of halogens is 3. The van der Waals surface area contributed by atoms with Crippen molar-refractivity contribution in [3.63, 3.8) is 0 Å². The molecule has 1 aromatic carbocycles. The molecule has 0 bridgehead atoms. The summed E-state index contributed by atoms with van der Waals surface area (Å²) in [5.41, 5.74) is -0.0939. The predicted molar refractivity (Wildman–Crippen MR) is 68.4 cm³/mol.